The maximum absolute atomic E-state index is 13.3. The van der Waals surface area contributed by atoms with Gasteiger partial charge in [-0.2, -0.15) is 0 Å². The van der Waals surface area contributed by atoms with Gasteiger partial charge >= 0.3 is 0 Å². The van der Waals surface area contributed by atoms with Crippen LogP contribution in [0.15, 0.2) is 66.4 Å². The predicted molar refractivity (Wildman–Crippen MR) is 106 cm³/mol. The first-order valence-electron chi connectivity index (χ1n) is 9.02. The normalized spacial score (nSPS) is 14.1. The molecular weight excluding hydrogens is 355 g/mol. The summed E-state index contributed by atoms with van der Waals surface area (Å²) >= 11 is 0. The van der Waals surface area contributed by atoms with Gasteiger partial charge in [0.2, 0.25) is 5.78 Å². The van der Waals surface area contributed by atoms with Gasteiger partial charge < -0.3 is 9.47 Å². The highest BCUT2D eigenvalue weighted by Crippen LogP contribution is 2.37. The van der Waals surface area contributed by atoms with E-state index in [1.54, 1.807) is 30.3 Å². The van der Waals surface area contributed by atoms with Crippen molar-refractivity contribution in [2.75, 3.05) is 0 Å². The summed E-state index contributed by atoms with van der Waals surface area (Å²) < 4.78 is 24.9. The predicted octanol–water partition coefficient (Wildman–Crippen LogP) is 5.64. The fourth-order valence-corrected chi connectivity index (χ4v) is 3.27. The number of aryl methyl sites for hydroxylation is 2. The summed E-state index contributed by atoms with van der Waals surface area (Å²) in [6, 6.07) is 17.6. The van der Waals surface area contributed by atoms with Crippen molar-refractivity contribution < 1.29 is 18.7 Å². The van der Waals surface area contributed by atoms with Gasteiger partial charge in [-0.15, -0.1) is 0 Å². The second kappa shape index (κ2) is 7.31. The van der Waals surface area contributed by atoms with Gasteiger partial charge in [0.1, 0.15) is 23.9 Å². The Kier molecular flexibility index (Phi) is 4.70. The van der Waals surface area contributed by atoms with E-state index in [4.69, 9.17) is 9.47 Å². The van der Waals surface area contributed by atoms with Crippen LogP contribution >= 0.6 is 0 Å². The molecule has 0 bridgehead atoms. The topological polar surface area (TPSA) is 35.5 Å². The Morgan fingerprint density at radius 2 is 1.86 bits per heavy atom. The molecule has 3 aromatic carbocycles. The number of hydrogen-bond acceptors (Lipinski definition) is 3. The van der Waals surface area contributed by atoms with Crippen molar-refractivity contribution in [1.29, 1.82) is 0 Å². The molecule has 0 aliphatic carbocycles. The fourth-order valence-electron chi connectivity index (χ4n) is 3.27. The molecule has 140 valence electrons. The zero-order valence-corrected chi connectivity index (χ0v) is 15.7. The standard InChI is InChI=1S/C24H19FO3/c1-15-5-3-6-17(9-15)12-22-24(26)23-16(2)10-20(13-21(23)28-22)27-14-18-7-4-8-19(25)11-18/h3-13H,14H2,1-2H3/b22-12-. The highest BCUT2D eigenvalue weighted by molar-refractivity contribution is 6.15. The number of fused-ring (bicyclic) bond motifs is 1. The molecule has 0 spiro atoms. The molecule has 1 aliphatic heterocycles. The Hall–Kier alpha value is -3.40. The Morgan fingerprint density at radius 3 is 2.64 bits per heavy atom. The molecule has 0 atom stereocenters. The van der Waals surface area contributed by atoms with E-state index < -0.39 is 0 Å². The van der Waals surface area contributed by atoms with E-state index in [2.05, 4.69) is 0 Å². The SMILES string of the molecule is Cc1cccc(/C=C2\Oc3cc(OCc4cccc(F)c4)cc(C)c3C2=O)c1. The molecule has 1 aliphatic rings. The van der Waals surface area contributed by atoms with Crippen molar-refractivity contribution in [3.05, 3.63) is 100 Å². The smallest absolute Gasteiger partial charge is 0.232 e. The second-order valence-corrected chi connectivity index (χ2v) is 6.89. The van der Waals surface area contributed by atoms with Crippen LogP contribution in [0, 0.1) is 19.7 Å². The average Bonchev–Trinajstić information content (AvgIpc) is 2.96. The molecule has 3 aromatic rings. The molecule has 0 unspecified atom stereocenters. The summed E-state index contributed by atoms with van der Waals surface area (Å²) in [5, 5.41) is 0. The van der Waals surface area contributed by atoms with Crippen LogP contribution in [0.2, 0.25) is 0 Å². The van der Waals surface area contributed by atoms with Crippen LogP contribution in [-0.2, 0) is 6.61 Å². The number of halogens is 1. The molecule has 0 amide bonds. The molecule has 0 saturated carbocycles. The number of Topliss-reactive ketones (excluding diaryl/α,β-unsaturated/α-hetero) is 1. The third-order valence-electron chi connectivity index (χ3n) is 4.58. The lowest BCUT2D eigenvalue weighted by atomic mass is 10.0. The molecule has 0 fully saturated rings. The quantitative estimate of drug-likeness (QED) is 0.555. The fraction of sp³-hybridized carbons (Fsp3) is 0.125. The minimum absolute atomic E-state index is 0.134. The maximum Gasteiger partial charge on any atom is 0.232 e. The van der Waals surface area contributed by atoms with E-state index in [0.29, 0.717) is 22.8 Å². The number of rotatable bonds is 4. The van der Waals surface area contributed by atoms with Gasteiger partial charge in [0.25, 0.3) is 0 Å². The monoisotopic (exact) mass is 374 g/mol. The Labute approximate surface area is 163 Å². The third-order valence-corrected chi connectivity index (χ3v) is 4.58. The summed E-state index contributed by atoms with van der Waals surface area (Å²) in [6.07, 6.45) is 1.75. The van der Waals surface area contributed by atoms with Crippen LogP contribution in [0.3, 0.4) is 0 Å². The summed E-state index contributed by atoms with van der Waals surface area (Å²) in [6.45, 7) is 4.08. The van der Waals surface area contributed by atoms with E-state index >= 15 is 0 Å². The van der Waals surface area contributed by atoms with Gasteiger partial charge in [-0.3, -0.25) is 4.79 Å². The van der Waals surface area contributed by atoms with E-state index in [9.17, 15) is 9.18 Å². The van der Waals surface area contributed by atoms with Crippen molar-refractivity contribution in [3.63, 3.8) is 0 Å². The molecule has 3 nitrogen and oxygen atoms in total. The summed E-state index contributed by atoms with van der Waals surface area (Å²) in [5.74, 6) is 0.922. The average molecular weight is 374 g/mol. The van der Waals surface area contributed by atoms with Gasteiger partial charge in [0.05, 0.1) is 5.56 Å². The van der Waals surface area contributed by atoms with Crippen LogP contribution in [0.4, 0.5) is 4.39 Å². The van der Waals surface area contributed by atoms with E-state index in [-0.39, 0.29) is 18.2 Å². The number of ether oxygens (including phenoxy) is 2. The lowest BCUT2D eigenvalue weighted by Crippen LogP contribution is -2.00. The zero-order chi connectivity index (χ0) is 19.7. The van der Waals surface area contributed by atoms with Crippen molar-refractivity contribution in [2.24, 2.45) is 0 Å². The number of carbonyl (C=O) groups is 1. The molecule has 28 heavy (non-hydrogen) atoms. The largest absolute Gasteiger partial charge is 0.489 e. The van der Waals surface area contributed by atoms with Gasteiger partial charge in [0, 0.05) is 6.07 Å². The minimum atomic E-state index is -0.300. The van der Waals surface area contributed by atoms with Crippen LogP contribution in [-0.4, -0.2) is 5.78 Å². The van der Waals surface area contributed by atoms with Crippen LogP contribution < -0.4 is 9.47 Å². The number of allylic oxidation sites excluding steroid dienone is 1. The van der Waals surface area contributed by atoms with Gasteiger partial charge in [-0.05, 0) is 54.8 Å². The summed E-state index contributed by atoms with van der Waals surface area (Å²) in [7, 11) is 0. The lowest BCUT2D eigenvalue weighted by molar-refractivity contribution is 0.101. The molecule has 4 heteroatoms. The number of carbonyl (C=O) groups excluding carboxylic acids is 1. The van der Waals surface area contributed by atoms with Crippen molar-refractivity contribution in [3.8, 4) is 11.5 Å². The van der Waals surface area contributed by atoms with Crippen molar-refractivity contribution >= 4 is 11.9 Å². The molecule has 4 rings (SSSR count). The zero-order valence-electron chi connectivity index (χ0n) is 15.7. The first-order chi connectivity index (χ1) is 13.5. The maximum atomic E-state index is 13.3. The highest BCUT2D eigenvalue weighted by Gasteiger charge is 2.30. The number of hydrogen-bond donors (Lipinski definition) is 0. The first-order valence-corrected chi connectivity index (χ1v) is 9.02. The van der Waals surface area contributed by atoms with Crippen LogP contribution in [0.25, 0.3) is 6.08 Å². The van der Waals surface area contributed by atoms with E-state index in [1.807, 2.05) is 38.1 Å². The molecule has 0 aromatic heterocycles. The minimum Gasteiger partial charge on any atom is -0.489 e. The van der Waals surface area contributed by atoms with Crippen molar-refractivity contribution in [1.82, 2.24) is 0 Å². The Balaban J connectivity index is 1.57. The van der Waals surface area contributed by atoms with E-state index in [0.717, 1.165) is 22.3 Å². The van der Waals surface area contributed by atoms with Gasteiger partial charge in [-0.25, -0.2) is 4.39 Å². The van der Waals surface area contributed by atoms with E-state index in [1.165, 1.54) is 12.1 Å². The number of ketones is 1. The third kappa shape index (κ3) is 3.67. The van der Waals surface area contributed by atoms with Gasteiger partial charge in [-0.1, -0.05) is 42.0 Å². The van der Waals surface area contributed by atoms with Gasteiger partial charge in [0.15, 0.2) is 5.76 Å². The number of benzene rings is 3. The molecule has 0 radical (unpaired) electrons. The second-order valence-electron chi connectivity index (χ2n) is 6.89. The summed E-state index contributed by atoms with van der Waals surface area (Å²) in [5.41, 5.74) is 4.09. The van der Waals surface area contributed by atoms with Crippen LogP contribution in [0.1, 0.15) is 32.6 Å². The molecular formula is C24H19FO3. The van der Waals surface area contributed by atoms with Crippen LogP contribution in [0.5, 0.6) is 11.5 Å². The first kappa shape index (κ1) is 18.0. The highest BCUT2D eigenvalue weighted by atomic mass is 19.1. The molecule has 1 heterocycles. The Bertz CT molecular complexity index is 1100. The Morgan fingerprint density at radius 1 is 1.04 bits per heavy atom. The summed E-state index contributed by atoms with van der Waals surface area (Å²) in [4.78, 5) is 12.8. The molecule has 0 N–H and O–H groups in total. The molecule has 0 saturated heterocycles. The lowest BCUT2D eigenvalue weighted by Gasteiger charge is -2.09. The van der Waals surface area contributed by atoms with Crippen molar-refractivity contribution in [2.45, 2.75) is 20.5 Å².